The van der Waals surface area contributed by atoms with Crippen molar-refractivity contribution in [1.29, 1.82) is 0 Å². The number of fused-ring (bicyclic) bond motifs is 1. The monoisotopic (exact) mass is 481 g/mol. The van der Waals surface area contributed by atoms with E-state index >= 15 is 0 Å². The Hall–Kier alpha value is -3.71. The second-order valence-electron chi connectivity index (χ2n) is 9.84. The van der Waals surface area contributed by atoms with Gasteiger partial charge < -0.3 is 20.4 Å². The minimum absolute atomic E-state index is 0.0873. The number of nitrogen functional groups attached to an aromatic ring is 1. The van der Waals surface area contributed by atoms with E-state index in [1.165, 1.54) is 5.56 Å². The molecule has 0 bridgehead atoms. The van der Waals surface area contributed by atoms with E-state index < -0.39 is 0 Å². The first-order valence-electron chi connectivity index (χ1n) is 12.8. The highest BCUT2D eigenvalue weighted by Gasteiger charge is 2.27. The molecule has 7 nitrogen and oxygen atoms in total. The number of nitrogens with one attached hydrogen (secondary N) is 1. The largest absolute Gasteiger partial charge is 0.398 e. The number of benzene rings is 2. The van der Waals surface area contributed by atoms with E-state index in [9.17, 15) is 4.79 Å². The number of pyridine rings is 1. The maximum atomic E-state index is 13.2. The third-order valence-corrected chi connectivity index (χ3v) is 7.68. The second kappa shape index (κ2) is 9.74. The molecule has 1 amide bonds. The van der Waals surface area contributed by atoms with E-state index in [1.807, 2.05) is 59.6 Å². The van der Waals surface area contributed by atoms with Gasteiger partial charge in [-0.2, -0.15) is 0 Å². The molecule has 0 saturated carbocycles. The predicted molar refractivity (Wildman–Crippen MR) is 141 cm³/mol. The summed E-state index contributed by atoms with van der Waals surface area (Å²) >= 11 is 0. The number of hydrogen-bond donors (Lipinski definition) is 2. The van der Waals surface area contributed by atoms with Crippen molar-refractivity contribution in [2.45, 2.75) is 37.5 Å². The Morgan fingerprint density at radius 1 is 0.944 bits per heavy atom. The first-order valence-corrected chi connectivity index (χ1v) is 12.8. The highest BCUT2D eigenvalue weighted by molar-refractivity contribution is 5.95. The minimum Gasteiger partial charge on any atom is -0.398 e. The van der Waals surface area contributed by atoms with Crippen LogP contribution in [0.1, 0.15) is 59.3 Å². The fourth-order valence-electron chi connectivity index (χ4n) is 5.58. The quantitative estimate of drug-likeness (QED) is 0.394. The van der Waals surface area contributed by atoms with Crippen LogP contribution in [0.15, 0.2) is 60.8 Å². The third-order valence-electron chi connectivity index (χ3n) is 7.68. The molecule has 0 spiro atoms. The van der Waals surface area contributed by atoms with Crippen molar-refractivity contribution in [3.05, 3.63) is 77.7 Å². The summed E-state index contributed by atoms with van der Waals surface area (Å²) in [6, 6.07) is 17.7. The number of likely N-dealkylation sites (tertiary alicyclic amines) is 1. The number of imidazole rings is 1. The second-order valence-corrected chi connectivity index (χ2v) is 9.84. The van der Waals surface area contributed by atoms with Crippen LogP contribution in [0.4, 0.5) is 5.69 Å². The average Bonchev–Trinajstić information content (AvgIpc) is 3.38. The summed E-state index contributed by atoms with van der Waals surface area (Å²) in [6.45, 7) is 3.05. The number of piperidine rings is 1. The van der Waals surface area contributed by atoms with E-state index in [4.69, 9.17) is 15.5 Å². The van der Waals surface area contributed by atoms with Crippen molar-refractivity contribution >= 4 is 22.8 Å². The van der Waals surface area contributed by atoms with Crippen molar-refractivity contribution in [3.63, 3.8) is 0 Å². The van der Waals surface area contributed by atoms with Crippen LogP contribution in [0.2, 0.25) is 0 Å². The van der Waals surface area contributed by atoms with E-state index in [0.717, 1.165) is 85.8 Å². The number of aromatic nitrogens is 3. The van der Waals surface area contributed by atoms with Crippen molar-refractivity contribution < 1.29 is 9.53 Å². The Labute approximate surface area is 210 Å². The summed E-state index contributed by atoms with van der Waals surface area (Å²) in [4.78, 5) is 28.1. The Morgan fingerprint density at radius 2 is 1.69 bits per heavy atom. The SMILES string of the molecule is Nc1ccccc1-c1ccc(C(=O)N2CCC(c3ccnc4nc(C5CCOCC5)[nH]c34)CC2)cc1. The molecule has 2 aromatic carbocycles. The molecule has 7 heteroatoms. The predicted octanol–water partition coefficient (Wildman–Crippen LogP) is 5.12. The van der Waals surface area contributed by atoms with Crippen LogP contribution in [-0.4, -0.2) is 52.1 Å². The summed E-state index contributed by atoms with van der Waals surface area (Å²) in [7, 11) is 0. The van der Waals surface area contributed by atoms with Crippen molar-refractivity contribution in [2.75, 3.05) is 32.0 Å². The van der Waals surface area contributed by atoms with Gasteiger partial charge in [0.1, 0.15) is 5.82 Å². The molecule has 2 aliphatic rings. The first-order chi connectivity index (χ1) is 17.7. The van der Waals surface area contributed by atoms with Gasteiger partial charge in [-0.1, -0.05) is 30.3 Å². The number of carbonyl (C=O) groups is 1. The van der Waals surface area contributed by atoms with Gasteiger partial charge in [0, 0.05) is 55.2 Å². The van der Waals surface area contributed by atoms with Crippen LogP contribution in [0.3, 0.4) is 0 Å². The highest BCUT2D eigenvalue weighted by Crippen LogP contribution is 2.34. The lowest BCUT2D eigenvalue weighted by atomic mass is 9.89. The molecule has 2 saturated heterocycles. The highest BCUT2D eigenvalue weighted by atomic mass is 16.5. The van der Waals surface area contributed by atoms with Crippen LogP contribution < -0.4 is 5.73 Å². The van der Waals surface area contributed by atoms with Gasteiger partial charge in [0.25, 0.3) is 5.91 Å². The summed E-state index contributed by atoms with van der Waals surface area (Å²) in [6.07, 6.45) is 5.71. The zero-order valence-corrected chi connectivity index (χ0v) is 20.3. The number of aromatic amines is 1. The standard InChI is InChI=1S/C29H31N5O2/c30-25-4-2-1-3-23(25)19-5-7-22(8-6-19)29(35)34-15-10-20(11-16-34)24-9-14-31-28-26(24)32-27(33-28)21-12-17-36-18-13-21/h1-9,14,20-21H,10-13,15-18,30H2,(H,31,32,33). The first kappa shape index (κ1) is 22.7. The molecule has 0 atom stereocenters. The number of hydrogen-bond acceptors (Lipinski definition) is 5. The number of H-pyrrole nitrogens is 1. The van der Waals surface area contributed by atoms with Crippen LogP contribution in [0, 0.1) is 0 Å². The Bertz CT molecular complexity index is 1370. The molecule has 0 unspecified atom stereocenters. The summed E-state index contributed by atoms with van der Waals surface area (Å²) < 4.78 is 5.51. The number of carbonyl (C=O) groups excluding carboxylic acids is 1. The lowest BCUT2D eigenvalue weighted by Crippen LogP contribution is -2.37. The average molecular weight is 482 g/mol. The lowest BCUT2D eigenvalue weighted by Gasteiger charge is -2.32. The van der Waals surface area contributed by atoms with Gasteiger partial charge in [0.2, 0.25) is 0 Å². The number of amides is 1. The number of anilines is 1. The van der Waals surface area contributed by atoms with Gasteiger partial charge in [-0.3, -0.25) is 4.79 Å². The van der Waals surface area contributed by atoms with Gasteiger partial charge in [-0.25, -0.2) is 9.97 Å². The van der Waals surface area contributed by atoms with Gasteiger partial charge in [-0.05, 0) is 67.0 Å². The Morgan fingerprint density at radius 3 is 2.44 bits per heavy atom. The van der Waals surface area contributed by atoms with E-state index in [-0.39, 0.29) is 5.91 Å². The zero-order valence-electron chi connectivity index (χ0n) is 20.3. The third kappa shape index (κ3) is 4.35. The molecule has 2 fully saturated rings. The van der Waals surface area contributed by atoms with Crippen LogP contribution >= 0.6 is 0 Å². The summed E-state index contributed by atoms with van der Waals surface area (Å²) in [5.41, 5.74) is 12.7. The van der Waals surface area contributed by atoms with Gasteiger partial charge in [0.15, 0.2) is 5.65 Å². The van der Waals surface area contributed by atoms with Crippen LogP contribution in [0.25, 0.3) is 22.3 Å². The molecule has 2 aliphatic heterocycles. The molecule has 6 rings (SSSR count). The topological polar surface area (TPSA) is 97.1 Å². The number of rotatable bonds is 4. The maximum absolute atomic E-state index is 13.2. The number of nitrogens with two attached hydrogens (primary N) is 1. The van der Waals surface area contributed by atoms with Crippen molar-refractivity contribution in [2.24, 2.45) is 0 Å². The van der Waals surface area contributed by atoms with Crippen molar-refractivity contribution in [1.82, 2.24) is 19.9 Å². The molecule has 4 aromatic rings. The Balaban J connectivity index is 1.14. The van der Waals surface area contributed by atoms with E-state index in [1.54, 1.807) is 0 Å². The molecule has 4 heterocycles. The molecular formula is C29H31N5O2. The van der Waals surface area contributed by atoms with Gasteiger partial charge in [-0.15, -0.1) is 0 Å². The number of ether oxygens (including phenoxy) is 1. The Kier molecular flexibility index (Phi) is 6.15. The molecule has 184 valence electrons. The maximum Gasteiger partial charge on any atom is 0.253 e. The molecule has 0 radical (unpaired) electrons. The zero-order chi connectivity index (χ0) is 24.5. The molecule has 2 aromatic heterocycles. The normalized spacial score (nSPS) is 17.5. The van der Waals surface area contributed by atoms with E-state index in [0.29, 0.717) is 17.4 Å². The van der Waals surface area contributed by atoms with E-state index in [2.05, 4.69) is 16.0 Å². The smallest absolute Gasteiger partial charge is 0.253 e. The lowest BCUT2D eigenvalue weighted by molar-refractivity contribution is 0.0713. The summed E-state index contributed by atoms with van der Waals surface area (Å²) in [5.74, 6) is 1.90. The van der Waals surface area contributed by atoms with Gasteiger partial charge in [0.05, 0.1) is 5.52 Å². The fourth-order valence-corrected chi connectivity index (χ4v) is 5.58. The molecule has 0 aliphatic carbocycles. The number of nitrogens with zero attached hydrogens (tertiary/aromatic N) is 3. The summed E-state index contributed by atoms with van der Waals surface area (Å²) in [5, 5.41) is 0. The molecule has 36 heavy (non-hydrogen) atoms. The number of para-hydroxylation sites is 1. The van der Waals surface area contributed by atoms with Gasteiger partial charge >= 0.3 is 0 Å². The minimum atomic E-state index is 0.0873. The van der Waals surface area contributed by atoms with Crippen LogP contribution in [-0.2, 0) is 4.74 Å². The molecule has 3 N–H and O–H groups in total. The fraction of sp³-hybridized carbons (Fsp3) is 0.345. The molecular weight excluding hydrogens is 450 g/mol. The van der Waals surface area contributed by atoms with Crippen molar-refractivity contribution in [3.8, 4) is 11.1 Å². The van der Waals surface area contributed by atoms with Crippen LogP contribution in [0.5, 0.6) is 0 Å².